The van der Waals surface area contributed by atoms with Gasteiger partial charge in [-0.05, 0) is 36.3 Å². The largest absolute Gasteiger partial charge is 0.299 e. The molecule has 0 aliphatic heterocycles. The predicted molar refractivity (Wildman–Crippen MR) is 89.7 cm³/mol. The maximum absolute atomic E-state index is 12.3. The van der Waals surface area contributed by atoms with Gasteiger partial charge in [-0.2, -0.15) is 0 Å². The SMILES string of the molecule is CCCCCC1CCC(=O)C(c2ccc(CCC)cc2)C1. The monoisotopic (exact) mass is 286 g/mol. The van der Waals surface area contributed by atoms with Crippen molar-refractivity contribution < 1.29 is 4.79 Å². The zero-order valence-electron chi connectivity index (χ0n) is 13.7. The quantitative estimate of drug-likeness (QED) is 0.590. The van der Waals surface area contributed by atoms with E-state index in [0.717, 1.165) is 31.6 Å². The summed E-state index contributed by atoms with van der Waals surface area (Å²) in [7, 11) is 0. The first-order chi connectivity index (χ1) is 10.2. The van der Waals surface area contributed by atoms with Crippen LogP contribution in [-0.4, -0.2) is 5.78 Å². The van der Waals surface area contributed by atoms with Crippen LogP contribution in [0.2, 0.25) is 0 Å². The van der Waals surface area contributed by atoms with Crippen molar-refractivity contribution in [2.45, 2.75) is 77.6 Å². The molecular formula is C20H30O. The van der Waals surface area contributed by atoms with Crippen molar-refractivity contribution in [2.24, 2.45) is 5.92 Å². The van der Waals surface area contributed by atoms with E-state index in [-0.39, 0.29) is 5.92 Å². The zero-order valence-corrected chi connectivity index (χ0v) is 13.7. The standard InChI is InChI=1S/C20H30O/c1-3-5-6-8-17-11-14-20(21)19(15-17)18-12-9-16(7-4-2)10-13-18/h9-10,12-13,17,19H,3-8,11,14-15H2,1-2H3. The summed E-state index contributed by atoms with van der Waals surface area (Å²) in [6, 6.07) is 8.82. The van der Waals surface area contributed by atoms with Gasteiger partial charge in [0.2, 0.25) is 0 Å². The average Bonchev–Trinajstić information content (AvgIpc) is 2.50. The number of hydrogen-bond donors (Lipinski definition) is 0. The zero-order chi connectivity index (χ0) is 15.1. The Bertz CT molecular complexity index is 432. The van der Waals surface area contributed by atoms with Crippen LogP contribution in [0.4, 0.5) is 0 Å². The van der Waals surface area contributed by atoms with Gasteiger partial charge >= 0.3 is 0 Å². The minimum Gasteiger partial charge on any atom is -0.299 e. The lowest BCUT2D eigenvalue weighted by molar-refractivity contribution is -0.122. The normalized spacial score (nSPS) is 22.5. The van der Waals surface area contributed by atoms with Gasteiger partial charge in [-0.3, -0.25) is 4.79 Å². The van der Waals surface area contributed by atoms with E-state index in [9.17, 15) is 4.79 Å². The number of carbonyl (C=O) groups excluding carboxylic acids is 1. The summed E-state index contributed by atoms with van der Waals surface area (Å²) in [6.07, 6.45) is 10.6. The summed E-state index contributed by atoms with van der Waals surface area (Å²) in [4.78, 5) is 12.3. The van der Waals surface area contributed by atoms with E-state index >= 15 is 0 Å². The first kappa shape index (κ1) is 16.3. The van der Waals surface area contributed by atoms with E-state index in [1.54, 1.807) is 0 Å². The molecule has 1 heteroatoms. The van der Waals surface area contributed by atoms with Crippen molar-refractivity contribution in [2.75, 3.05) is 0 Å². The van der Waals surface area contributed by atoms with Crippen LogP contribution in [-0.2, 0) is 11.2 Å². The highest BCUT2D eigenvalue weighted by Gasteiger charge is 2.29. The molecule has 1 fully saturated rings. The number of rotatable bonds is 7. The minimum atomic E-state index is 0.168. The van der Waals surface area contributed by atoms with Gasteiger partial charge in [0.1, 0.15) is 5.78 Å². The number of aryl methyl sites for hydroxylation is 1. The molecule has 0 saturated heterocycles. The Kier molecular flexibility index (Phi) is 6.48. The van der Waals surface area contributed by atoms with Crippen LogP contribution < -0.4 is 0 Å². The maximum Gasteiger partial charge on any atom is 0.140 e. The summed E-state index contributed by atoms with van der Waals surface area (Å²) in [5.41, 5.74) is 2.64. The van der Waals surface area contributed by atoms with Crippen LogP contribution in [0, 0.1) is 5.92 Å². The number of benzene rings is 1. The van der Waals surface area contributed by atoms with Gasteiger partial charge in [-0.1, -0.05) is 70.2 Å². The highest BCUT2D eigenvalue weighted by atomic mass is 16.1. The highest BCUT2D eigenvalue weighted by molar-refractivity contribution is 5.86. The van der Waals surface area contributed by atoms with Crippen molar-refractivity contribution in [3.05, 3.63) is 35.4 Å². The molecule has 21 heavy (non-hydrogen) atoms. The Labute approximate surface area is 130 Å². The van der Waals surface area contributed by atoms with Gasteiger partial charge in [-0.25, -0.2) is 0 Å². The number of ketones is 1. The van der Waals surface area contributed by atoms with Crippen molar-refractivity contribution in [1.29, 1.82) is 0 Å². The molecule has 0 N–H and O–H groups in total. The van der Waals surface area contributed by atoms with Crippen LogP contribution in [0.3, 0.4) is 0 Å². The van der Waals surface area contributed by atoms with Crippen molar-refractivity contribution in [3.63, 3.8) is 0 Å². The highest BCUT2D eigenvalue weighted by Crippen LogP contribution is 2.36. The third-order valence-corrected chi connectivity index (χ3v) is 4.89. The fraction of sp³-hybridized carbons (Fsp3) is 0.650. The first-order valence-electron chi connectivity index (χ1n) is 8.86. The van der Waals surface area contributed by atoms with Gasteiger partial charge in [-0.15, -0.1) is 0 Å². The molecule has 1 aromatic carbocycles. The van der Waals surface area contributed by atoms with Gasteiger partial charge in [0, 0.05) is 12.3 Å². The molecule has 2 rings (SSSR count). The molecule has 2 unspecified atom stereocenters. The molecule has 1 saturated carbocycles. The molecule has 1 nitrogen and oxygen atoms in total. The molecule has 1 aliphatic carbocycles. The van der Waals surface area contributed by atoms with E-state index < -0.39 is 0 Å². The summed E-state index contributed by atoms with van der Waals surface area (Å²) in [5, 5.41) is 0. The fourth-order valence-electron chi connectivity index (χ4n) is 3.58. The average molecular weight is 286 g/mol. The molecule has 0 amide bonds. The van der Waals surface area contributed by atoms with Crippen molar-refractivity contribution in [3.8, 4) is 0 Å². The van der Waals surface area contributed by atoms with E-state index in [1.807, 2.05) is 0 Å². The minimum absolute atomic E-state index is 0.168. The topological polar surface area (TPSA) is 17.1 Å². The summed E-state index contributed by atoms with van der Waals surface area (Å²) < 4.78 is 0. The summed E-state index contributed by atoms with van der Waals surface area (Å²) in [6.45, 7) is 4.46. The number of carbonyl (C=O) groups is 1. The van der Waals surface area contributed by atoms with Gasteiger partial charge in [0.05, 0.1) is 0 Å². The first-order valence-corrected chi connectivity index (χ1v) is 8.86. The van der Waals surface area contributed by atoms with E-state index in [2.05, 4.69) is 38.1 Å². The molecule has 1 aliphatic rings. The maximum atomic E-state index is 12.3. The Balaban J connectivity index is 1.97. The van der Waals surface area contributed by atoms with E-state index in [0.29, 0.717) is 5.78 Å². The lowest BCUT2D eigenvalue weighted by atomic mass is 9.75. The molecule has 0 heterocycles. The van der Waals surface area contributed by atoms with Crippen LogP contribution >= 0.6 is 0 Å². The van der Waals surface area contributed by atoms with Crippen LogP contribution in [0.15, 0.2) is 24.3 Å². The lowest BCUT2D eigenvalue weighted by Crippen LogP contribution is -2.23. The van der Waals surface area contributed by atoms with Crippen LogP contribution in [0.25, 0.3) is 0 Å². The third-order valence-electron chi connectivity index (χ3n) is 4.89. The molecule has 1 aromatic rings. The second-order valence-corrected chi connectivity index (χ2v) is 6.65. The van der Waals surface area contributed by atoms with E-state index in [4.69, 9.17) is 0 Å². The second kappa shape index (κ2) is 8.36. The van der Waals surface area contributed by atoms with E-state index in [1.165, 1.54) is 43.2 Å². The van der Waals surface area contributed by atoms with Crippen LogP contribution in [0.5, 0.6) is 0 Å². The molecule has 116 valence electrons. The number of unbranched alkanes of at least 4 members (excludes halogenated alkanes) is 2. The van der Waals surface area contributed by atoms with Gasteiger partial charge in [0.25, 0.3) is 0 Å². The Morgan fingerprint density at radius 2 is 1.81 bits per heavy atom. The Morgan fingerprint density at radius 3 is 2.48 bits per heavy atom. The molecule has 0 radical (unpaired) electrons. The van der Waals surface area contributed by atoms with Crippen molar-refractivity contribution >= 4 is 5.78 Å². The van der Waals surface area contributed by atoms with Crippen LogP contribution in [0.1, 0.15) is 82.3 Å². The molecule has 0 spiro atoms. The summed E-state index contributed by atoms with van der Waals surface area (Å²) >= 11 is 0. The Morgan fingerprint density at radius 1 is 1.05 bits per heavy atom. The number of hydrogen-bond acceptors (Lipinski definition) is 1. The van der Waals surface area contributed by atoms with Crippen molar-refractivity contribution in [1.82, 2.24) is 0 Å². The second-order valence-electron chi connectivity index (χ2n) is 6.65. The summed E-state index contributed by atoms with van der Waals surface area (Å²) in [5.74, 6) is 1.39. The molecule has 2 atom stereocenters. The fourth-order valence-corrected chi connectivity index (χ4v) is 3.58. The molecule has 0 bridgehead atoms. The molecule has 0 aromatic heterocycles. The van der Waals surface area contributed by atoms with Gasteiger partial charge in [0.15, 0.2) is 0 Å². The lowest BCUT2D eigenvalue weighted by Gasteiger charge is -2.28. The number of Topliss-reactive ketones (excluding diaryl/α,β-unsaturated/α-hetero) is 1. The smallest absolute Gasteiger partial charge is 0.140 e. The predicted octanol–water partition coefficient (Wildman–Crippen LogP) is 5.67. The van der Waals surface area contributed by atoms with Gasteiger partial charge < -0.3 is 0 Å². The third kappa shape index (κ3) is 4.69. The Hall–Kier alpha value is -1.11. The molecular weight excluding hydrogens is 256 g/mol.